The van der Waals surface area contributed by atoms with Crippen molar-refractivity contribution in [2.24, 2.45) is 0 Å². The molecular formula is C23H24O5S. The molecule has 0 saturated carbocycles. The monoisotopic (exact) mass is 412 g/mol. The van der Waals surface area contributed by atoms with Gasteiger partial charge in [-0.25, -0.2) is 0 Å². The van der Waals surface area contributed by atoms with Gasteiger partial charge in [-0.15, -0.1) is 0 Å². The highest BCUT2D eigenvalue weighted by Gasteiger charge is 2.21. The Kier molecular flexibility index (Phi) is 6.88. The van der Waals surface area contributed by atoms with E-state index in [0.717, 1.165) is 22.3 Å². The van der Waals surface area contributed by atoms with Crippen LogP contribution in [-0.2, 0) is 4.79 Å². The fraction of sp³-hybridized carbons (Fsp3) is 0.261. The SMILES string of the molecule is COc1cc(/C=C2/CSC/C(=C/c3cc(OC)cc(OC)c3)C2=O)cc(OC)c1. The van der Waals surface area contributed by atoms with Crippen LogP contribution >= 0.6 is 11.8 Å². The van der Waals surface area contributed by atoms with E-state index in [1.165, 1.54) is 0 Å². The van der Waals surface area contributed by atoms with Gasteiger partial charge in [-0.1, -0.05) is 0 Å². The highest BCUT2D eigenvalue weighted by atomic mass is 32.2. The van der Waals surface area contributed by atoms with Crippen molar-refractivity contribution in [2.75, 3.05) is 39.9 Å². The number of thioether (sulfide) groups is 1. The molecule has 0 bridgehead atoms. The van der Waals surface area contributed by atoms with Gasteiger partial charge in [-0.3, -0.25) is 4.79 Å². The van der Waals surface area contributed by atoms with Crippen molar-refractivity contribution in [2.45, 2.75) is 0 Å². The Morgan fingerprint density at radius 3 is 1.31 bits per heavy atom. The molecule has 0 amide bonds. The first kappa shape index (κ1) is 20.9. The van der Waals surface area contributed by atoms with E-state index in [2.05, 4.69) is 0 Å². The first-order valence-corrected chi connectivity index (χ1v) is 10.2. The molecular weight excluding hydrogens is 388 g/mol. The summed E-state index contributed by atoms with van der Waals surface area (Å²) < 4.78 is 21.3. The van der Waals surface area contributed by atoms with Crippen molar-refractivity contribution in [1.29, 1.82) is 0 Å². The summed E-state index contributed by atoms with van der Waals surface area (Å²) in [5.74, 6) is 4.12. The van der Waals surface area contributed by atoms with Crippen LogP contribution in [0.2, 0.25) is 0 Å². The lowest BCUT2D eigenvalue weighted by molar-refractivity contribution is -0.112. The van der Waals surface area contributed by atoms with Crippen LogP contribution in [0.1, 0.15) is 11.1 Å². The van der Waals surface area contributed by atoms with Gasteiger partial charge >= 0.3 is 0 Å². The summed E-state index contributed by atoms with van der Waals surface area (Å²) in [7, 11) is 6.43. The quantitative estimate of drug-likeness (QED) is 0.651. The van der Waals surface area contributed by atoms with Gasteiger partial charge in [0.2, 0.25) is 0 Å². The van der Waals surface area contributed by atoms with Gasteiger partial charge < -0.3 is 18.9 Å². The van der Waals surface area contributed by atoms with E-state index in [4.69, 9.17) is 18.9 Å². The van der Waals surface area contributed by atoms with E-state index in [0.29, 0.717) is 34.5 Å². The molecule has 152 valence electrons. The van der Waals surface area contributed by atoms with Gasteiger partial charge in [-0.2, -0.15) is 11.8 Å². The predicted molar refractivity (Wildman–Crippen MR) is 117 cm³/mol. The second-order valence-corrected chi connectivity index (χ2v) is 7.44. The number of ketones is 1. The lowest BCUT2D eigenvalue weighted by Gasteiger charge is -2.17. The van der Waals surface area contributed by atoms with Crippen molar-refractivity contribution >= 4 is 29.7 Å². The van der Waals surface area contributed by atoms with Crippen molar-refractivity contribution < 1.29 is 23.7 Å². The molecule has 0 aliphatic carbocycles. The van der Waals surface area contributed by atoms with Crippen LogP contribution in [0.3, 0.4) is 0 Å². The van der Waals surface area contributed by atoms with Crippen LogP contribution in [0.4, 0.5) is 0 Å². The Morgan fingerprint density at radius 1 is 0.655 bits per heavy atom. The summed E-state index contributed by atoms with van der Waals surface area (Å²) in [6, 6.07) is 11.2. The van der Waals surface area contributed by atoms with Gasteiger partial charge in [-0.05, 0) is 47.5 Å². The second kappa shape index (κ2) is 9.56. The maximum absolute atomic E-state index is 13.1. The van der Waals surface area contributed by atoms with Crippen LogP contribution in [0.25, 0.3) is 12.2 Å². The zero-order valence-electron chi connectivity index (χ0n) is 17.0. The Balaban J connectivity index is 1.93. The van der Waals surface area contributed by atoms with Crippen molar-refractivity contribution in [3.8, 4) is 23.0 Å². The molecule has 0 radical (unpaired) electrons. The van der Waals surface area contributed by atoms with Crippen LogP contribution in [0.15, 0.2) is 47.5 Å². The first-order chi connectivity index (χ1) is 14.1. The molecule has 5 nitrogen and oxygen atoms in total. The molecule has 0 unspecified atom stereocenters. The summed E-state index contributed by atoms with van der Waals surface area (Å²) in [5.41, 5.74) is 3.24. The predicted octanol–water partition coefficient (Wildman–Crippen LogP) is 4.50. The topological polar surface area (TPSA) is 54.0 Å². The Morgan fingerprint density at radius 2 is 1.00 bits per heavy atom. The molecule has 0 N–H and O–H groups in total. The molecule has 1 saturated heterocycles. The molecule has 0 atom stereocenters. The van der Waals surface area contributed by atoms with E-state index in [1.54, 1.807) is 52.3 Å². The number of hydrogen-bond acceptors (Lipinski definition) is 6. The van der Waals surface area contributed by atoms with Gasteiger partial charge in [0.05, 0.1) is 28.4 Å². The van der Waals surface area contributed by atoms with E-state index < -0.39 is 0 Å². The average molecular weight is 413 g/mol. The third-order valence-electron chi connectivity index (χ3n) is 4.53. The number of ether oxygens (including phenoxy) is 4. The normalized spacial score (nSPS) is 16.8. The smallest absolute Gasteiger partial charge is 0.186 e. The van der Waals surface area contributed by atoms with Gasteiger partial charge in [0.1, 0.15) is 23.0 Å². The lowest BCUT2D eigenvalue weighted by Crippen LogP contribution is -2.16. The number of benzene rings is 2. The minimum atomic E-state index is 0.0484. The Labute approximate surface area is 175 Å². The third-order valence-corrected chi connectivity index (χ3v) is 5.56. The summed E-state index contributed by atoms with van der Waals surface area (Å²) in [5, 5.41) is 0. The lowest BCUT2D eigenvalue weighted by atomic mass is 10.00. The molecule has 3 rings (SSSR count). The van der Waals surface area contributed by atoms with Gasteiger partial charge in [0.25, 0.3) is 0 Å². The fourth-order valence-electron chi connectivity index (χ4n) is 3.05. The second-order valence-electron chi connectivity index (χ2n) is 6.45. The molecule has 1 heterocycles. The highest BCUT2D eigenvalue weighted by Crippen LogP contribution is 2.31. The average Bonchev–Trinajstić information content (AvgIpc) is 2.75. The molecule has 2 aromatic rings. The van der Waals surface area contributed by atoms with Crippen molar-refractivity contribution in [1.82, 2.24) is 0 Å². The molecule has 2 aromatic carbocycles. The first-order valence-electron chi connectivity index (χ1n) is 9.06. The van der Waals surface area contributed by atoms with Gasteiger partial charge in [0.15, 0.2) is 5.78 Å². The number of Topliss-reactive ketones (excluding diaryl/α,β-unsaturated/α-hetero) is 1. The van der Waals surface area contributed by atoms with E-state index >= 15 is 0 Å². The maximum Gasteiger partial charge on any atom is 0.186 e. The molecule has 1 fully saturated rings. The van der Waals surface area contributed by atoms with Gasteiger partial charge in [0, 0.05) is 34.8 Å². The summed E-state index contributed by atoms with van der Waals surface area (Å²) in [6.45, 7) is 0. The summed E-state index contributed by atoms with van der Waals surface area (Å²) in [6.07, 6.45) is 3.80. The number of carbonyl (C=O) groups is 1. The molecule has 29 heavy (non-hydrogen) atoms. The standard InChI is InChI=1S/C23H24O5S/c1-25-19-7-15(8-20(11-19)26-2)5-17-13-29-14-18(23(17)24)6-16-9-21(27-3)12-22(10-16)28-4/h5-12H,13-14H2,1-4H3/b17-5-,18-6-. The Bertz CT molecular complexity index is 842. The van der Waals surface area contributed by atoms with Crippen LogP contribution < -0.4 is 18.9 Å². The minimum Gasteiger partial charge on any atom is -0.497 e. The number of hydrogen-bond donors (Lipinski definition) is 0. The van der Waals surface area contributed by atoms with Crippen LogP contribution in [-0.4, -0.2) is 45.7 Å². The third kappa shape index (κ3) is 5.15. The van der Waals surface area contributed by atoms with Crippen molar-refractivity contribution in [3.63, 3.8) is 0 Å². The van der Waals surface area contributed by atoms with Crippen LogP contribution in [0.5, 0.6) is 23.0 Å². The number of carbonyl (C=O) groups excluding carboxylic acids is 1. The molecule has 1 aliphatic rings. The number of methoxy groups -OCH3 is 4. The van der Waals surface area contributed by atoms with Crippen molar-refractivity contribution in [3.05, 3.63) is 58.7 Å². The summed E-state index contributed by atoms with van der Waals surface area (Å²) >= 11 is 1.71. The zero-order chi connectivity index (χ0) is 20.8. The zero-order valence-corrected chi connectivity index (χ0v) is 17.8. The highest BCUT2D eigenvalue weighted by molar-refractivity contribution is 7.99. The molecule has 1 aliphatic heterocycles. The van der Waals surface area contributed by atoms with Crippen LogP contribution in [0, 0.1) is 0 Å². The van der Waals surface area contributed by atoms with E-state index in [9.17, 15) is 4.79 Å². The molecule has 0 aromatic heterocycles. The molecule has 6 heteroatoms. The maximum atomic E-state index is 13.1. The minimum absolute atomic E-state index is 0.0484. The molecule has 0 spiro atoms. The van der Waals surface area contributed by atoms with E-state index in [-0.39, 0.29) is 5.78 Å². The largest absolute Gasteiger partial charge is 0.497 e. The number of rotatable bonds is 6. The Hall–Kier alpha value is -2.86. The summed E-state index contributed by atoms with van der Waals surface area (Å²) in [4.78, 5) is 13.1. The fourth-order valence-corrected chi connectivity index (χ4v) is 4.02. The van der Waals surface area contributed by atoms with E-state index in [1.807, 2.05) is 36.4 Å².